The van der Waals surface area contributed by atoms with Gasteiger partial charge in [-0.3, -0.25) is 9.59 Å². The van der Waals surface area contributed by atoms with Gasteiger partial charge in [0.05, 0.1) is 49.0 Å². The molecular weight excluding hydrogens is 604 g/mol. The van der Waals surface area contributed by atoms with Crippen LogP contribution in [0, 0.1) is 0 Å². The van der Waals surface area contributed by atoms with Gasteiger partial charge in [-0.05, 0) is 24.0 Å². The predicted molar refractivity (Wildman–Crippen MR) is 186 cm³/mol. The van der Waals surface area contributed by atoms with Gasteiger partial charge in [0.2, 0.25) is 0 Å². The van der Waals surface area contributed by atoms with Crippen molar-refractivity contribution in [3.8, 4) is 0 Å². The molecule has 0 radical (unpaired) electrons. The topological polar surface area (TPSA) is 77.5 Å². The summed E-state index contributed by atoms with van der Waals surface area (Å²) >= 11 is 0. The van der Waals surface area contributed by atoms with Crippen LogP contribution in [0.25, 0.3) is 11.4 Å². The lowest BCUT2D eigenvalue weighted by Gasteiger charge is -2.26. The molecule has 8 heteroatoms. The molecule has 48 heavy (non-hydrogen) atoms. The Bertz CT molecular complexity index is 1340. The molecule has 0 aromatic heterocycles. The second kappa shape index (κ2) is 16.9. The predicted octanol–water partition coefficient (Wildman–Crippen LogP) is 8.31. The number of hydrogen-bond acceptors (Lipinski definition) is 6. The van der Waals surface area contributed by atoms with Crippen molar-refractivity contribution in [2.24, 2.45) is 0 Å². The third-order valence-electron chi connectivity index (χ3n) is 9.81. The first-order valence-corrected chi connectivity index (χ1v) is 18.4. The van der Waals surface area contributed by atoms with Crippen LogP contribution in [-0.4, -0.2) is 61.1 Å². The lowest BCUT2D eigenvalue weighted by atomic mass is 10.0. The number of unbranched alkanes of at least 4 members (excludes halogenated alkanes) is 10. The summed E-state index contributed by atoms with van der Waals surface area (Å²) in [5.74, 6) is -0.166. The van der Waals surface area contributed by atoms with Crippen LogP contribution >= 0.6 is 0 Å². The van der Waals surface area contributed by atoms with E-state index in [1.54, 1.807) is 0 Å². The number of carbonyl (C=O) groups excluding carboxylic acids is 2. The van der Waals surface area contributed by atoms with Crippen molar-refractivity contribution in [1.82, 2.24) is 9.80 Å². The van der Waals surface area contributed by atoms with Crippen LogP contribution in [0.1, 0.15) is 126 Å². The van der Waals surface area contributed by atoms with Gasteiger partial charge in [-0.15, -0.1) is 0 Å². The molecule has 258 valence electrons. The second-order valence-corrected chi connectivity index (χ2v) is 13.3. The maximum atomic E-state index is 14.6. The summed E-state index contributed by atoms with van der Waals surface area (Å²) in [6.07, 6.45) is 12.7. The Morgan fingerprint density at radius 2 is 0.833 bits per heavy atom. The van der Waals surface area contributed by atoms with E-state index >= 15 is 0 Å². The zero-order chi connectivity index (χ0) is 33.3. The van der Waals surface area contributed by atoms with Gasteiger partial charge in [-0.25, -0.2) is 0 Å². The minimum Gasteiger partial charge on any atom is -0.346 e. The van der Waals surface area contributed by atoms with Crippen LogP contribution in [0.4, 0.5) is 0 Å². The molecule has 0 atom stereocenters. The van der Waals surface area contributed by atoms with Crippen molar-refractivity contribution < 1.29 is 28.5 Å². The van der Waals surface area contributed by atoms with E-state index in [4.69, 9.17) is 18.9 Å². The van der Waals surface area contributed by atoms with E-state index in [1.165, 1.54) is 38.5 Å². The van der Waals surface area contributed by atoms with Crippen LogP contribution in [-0.2, 0) is 28.5 Å². The monoisotopic (exact) mass is 656 g/mol. The summed E-state index contributed by atoms with van der Waals surface area (Å²) in [6, 6.07) is 16.0. The molecule has 2 saturated heterocycles. The molecule has 8 nitrogen and oxygen atoms in total. The molecule has 2 fully saturated rings. The maximum absolute atomic E-state index is 14.6. The Balaban J connectivity index is 1.35. The minimum atomic E-state index is -0.382. The zero-order valence-corrected chi connectivity index (χ0v) is 28.8. The molecule has 2 aromatic carbocycles. The molecule has 0 saturated carbocycles. The van der Waals surface area contributed by atoms with E-state index in [9.17, 15) is 9.59 Å². The highest BCUT2D eigenvalue weighted by molar-refractivity contribution is 6.30. The zero-order valence-electron chi connectivity index (χ0n) is 28.8. The highest BCUT2D eigenvalue weighted by Crippen LogP contribution is 2.47. The summed E-state index contributed by atoms with van der Waals surface area (Å²) in [6.45, 7) is 7.89. The van der Waals surface area contributed by atoms with Crippen molar-refractivity contribution in [2.75, 3.05) is 39.5 Å². The number of rotatable bonds is 18. The number of fused-ring (bicyclic) bond motifs is 1. The smallest absolute Gasteiger partial charge is 0.261 e. The van der Waals surface area contributed by atoms with Crippen molar-refractivity contribution in [2.45, 2.75) is 103 Å². The number of ether oxygens (including phenoxy) is 4. The van der Waals surface area contributed by atoms with Gasteiger partial charge in [-0.1, -0.05) is 127 Å². The van der Waals surface area contributed by atoms with Gasteiger partial charge in [0.25, 0.3) is 11.8 Å². The molecule has 4 aliphatic rings. The van der Waals surface area contributed by atoms with Crippen molar-refractivity contribution in [3.05, 3.63) is 81.9 Å². The van der Waals surface area contributed by atoms with E-state index in [0.717, 1.165) is 72.2 Å². The van der Waals surface area contributed by atoms with Crippen LogP contribution < -0.4 is 0 Å². The summed E-state index contributed by atoms with van der Waals surface area (Å²) in [5.41, 5.74) is 6.09. The largest absolute Gasteiger partial charge is 0.346 e. The third kappa shape index (κ3) is 7.62. The summed E-state index contributed by atoms with van der Waals surface area (Å²) < 4.78 is 22.9. The van der Waals surface area contributed by atoms with Crippen molar-refractivity contribution in [3.63, 3.8) is 0 Å². The van der Waals surface area contributed by atoms with Crippen LogP contribution in [0.5, 0.6) is 0 Å². The van der Waals surface area contributed by atoms with Gasteiger partial charge < -0.3 is 28.7 Å². The Kier molecular flexibility index (Phi) is 12.2. The SMILES string of the molecule is CCCCCCCCN1C(=O)C2=C(c3ccc(C4OCCO4)cc3)N(CCCCCCCC)C(=O)C2=C1c1ccc(C2OCCO2)cc1. The summed E-state index contributed by atoms with van der Waals surface area (Å²) in [4.78, 5) is 32.9. The van der Waals surface area contributed by atoms with Crippen LogP contribution in [0.15, 0.2) is 59.7 Å². The van der Waals surface area contributed by atoms with Gasteiger partial charge in [0, 0.05) is 24.2 Å². The highest BCUT2D eigenvalue weighted by atomic mass is 16.7. The minimum absolute atomic E-state index is 0.0829. The van der Waals surface area contributed by atoms with Gasteiger partial charge in [0.1, 0.15) is 0 Å². The standard InChI is InChI=1S/C40H52N2O6/c1-3-5-7-9-11-13-23-41-35(29-15-19-31(20-16-29)39-45-25-26-46-39)33-34(37(41)43)36(42(38(33)44)24-14-12-10-8-6-4-2)30-17-21-32(22-18-30)40-47-27-28-48-40/h15-22,39-40H,3-14,23-28H2,1-2H3. The van der Waals surface area contributed by atoms with E-state index < -0.39 is 0 Å². The Hall–Kier alpha value is -3.30. The molecular formula is C40H52N2O6. The normalized spacial score (nSPS) is 18.8. The average Bonchev–Trinajstić information content (AvgIpc) is 3.93. The first-order valence-electron chi connectivity index (χ1n) is 18.4. The molecule has 2 aromatic rings. The molecule has 0 N–H and O–H groups in total. The fourth-order valence-corrected chi connectivity index (χ4v) is 7.22. The summed E-state index contributed by atoms with van der Waals surface area (Å²) in [5, 5.41) is 0. The van der Waals surface area contributed by atoms with E-state index in [-0.39, 0.29) is 24.4 Å². The molecule has 0 aliphatic carbocycles. The first kappa shape index (κ1) is 34.6. The molecule has 4 heterocycles. The number of nitrogens with zero attached hydrogens (tertiary/aromatic N) is 2. The number of hydrogen-bond donors (Lipinski definition) is 0. The van der Waals surface area contributed by atoms with E-state index in [2.05, 4.69) is 13.8 Å². The van der Waals surface area contributed by atoms with Gasteiger partial charge >= 0.3 is 0 Å². The van der Waals surface area contributed by atoms with Gasteiger partial charge in [-0.2, -0.15) is 0 Å². The molecule has 2 amide bonds. The van der Waals surface area contributed by atoms with E-state index in [1.807, 2.05) is 58.3 Å². The Morgan fingerprint density at radius 1 is 0.500 bits per heavy atom. The third-order valence-corrected chi connectivity index (χ3v) is 9.81. The van der Waals surface area contributed by atoms with Crippen LogP contribution in [0.3, 0.4) is 0 Å². The maximum Gasteiger partial charge on any atom is 0.261 e. The Morgan fingerprint density at radius 3 is 1.19 bits per heavy atom. The Labute approximate surface area is 286 Å². The second-order valence-electron chi connectivity index (χ2n) is 13.3. The first-order chi connectivity index (χ1) is 23.6. The number of carbonyl (C=O) groups is 2. The fraction of sp³-hybridized carbons (Fsp3) is 0.550. The molecule has 4 aliphatic heterocycles. The number of benzene rings is 2. The van der Waals surface area contributed by atoms with Crippen molar-refractivity contribution in [1.29, 1.82) is 0 Å². The highest BCUT2D eigenvalue weighted by Gasteiger charge is 2.48. The van der Waals surface area contributed by atoms with Crippen LogP contribution in [0.2, 0.25) is 0 Å². The average molecular weight is 657 g/mol. The van der Waals surface area contributed by atoms with Gasteiger partial charge in [0.15, 0.2) is 12.6 Å². The summed E-state index contributed by atoms with van der Waals surface area (Å²) in [7, 11) is 0. The lowest BCUT2D eigenvalue weighted by Crippen LogP contribution is -2.31. The molecule has 6 rings (SSSR count). The van der Waals surface area contributed by atoms with Crippen molar-refractivity contribution >= 4 is 23.2 Å². The molecule has 0 unspecified atom stereocenters. The quantitative estimate of drug-likeness (QED) is 0.150. The van der Waals surface area contributed by atoms with E-state index in [0.29, 0.717) is 50.7 Å². The molecule has 0 spiro atoms. The lowest BCUT2D eigenvalue weighted by molar-refractivity contribution is -0.124. The molecule has 0 bridgehead atoms. The fourth-order valence-electron chi connectivity index (χ4n) is 7.22. The number of amides is 2.